The number of aryl methyl sites for hydroxylation is 1. The van der Waals surface area contributed by atoms with Crippen molar-refractivity contribution in [2.75, 3.05) is 44.2 Å². The van der Waals surface area contributed by atoms with Gasteiger partial charge in [0, 0.05) is 26.2 Å². The molecule has 21 heavy (non-hydrogen) atoms. The largest absolute Gasteiger partial charge is 0.482 e. The summed E-state index contributed by atoms with van der Waals surface area (Å²) in [7, 11) is 0. The molecule has 6 nitrogen and oxygen atoms in total. The Morgan fingerprint density at radius 2 is 2.10 bits per heavy atom. The third-order valence-electron chi connectivity index (χ3n) is 3.82. The summed E-state index contributed by atoms with van der Waals surface area (Å²) < 4.78 is 5.42. The summed E-state index contributed by atoms with van der Waals surface area (Å²) in [5.41, 5.74) is 1.72. The summed E-state index contributed by atoms with van der Waals surface area (Å²) in [6.07, 6.45) is 0. The number of benzene rings is 1. The van der Waals surface area contributed by atoms with E-state index in [1.807, 2.05) is 25.1 Å². The van der Waals surface area contributed by atoms with Crippen molar-refractivity contribution in [3.05, 3.63) is 23.8 Å². The first kappa shape index (κ1) is 13.9. The van der Waals surface area contributed by atoms with Gasteiger partial charge in [-0.1, -0.05) is 6.07 Å². The minimum absolute atomic E-state index is 0.00903. The van der Waals surface area contributed by atoms with Crippen LogP contribution in [0.4, 0.5) is 5.69 Å². The quantitative estimate of drug-likeness (QED) is 0.842. The lowest BCUT2D eigenvalue weighted by atomic mass is 10.1. The lowest BCUT2D eigenvalue weighted by Crippen LogP contribution is -2.51. The molecule has 0 radical (unpaired) electrons. The second kappa shape index (κ2) is 5.73. The molecule has 2 amide bonds. The Bertz CT molecular complexity index is 567. The van der Waals surface area contributed by atoms with Crippen molar-refractivity contribution in [1.29, 1.82) is 0 Å². The van der Waals surface area contributed by atoms with Crippen molar-refractivity contribution in [2.45, 2.75) is 6.92 Å². The van der Waals surface area contributed by atoms with Gasteiger partial charge in [0.05, 0.1) is 5.69 Å². The second-order valence-electron chi connectivity index (χ2n) is 5.37. The van der Waals surface area contributed by atoms with Crippen LogP contribution >= 0.6 is 0 Å². The van der Waals surface area contributed by atoms with Crippen molar-refractivity contribution in [3.8, 4) is 5.75 Å². The monoisotopic (exact) mass is 289 g/mol. The molecule has 0 saturated carbocycles. The van der Waals surface area contributed by atoms with Crippen molar-refractivity contribution < 1.29 is 14.3 Å². The van der Waals surface area contributed by atoms with Crippen molar-refractivity contribution in [1.82, 2.24) is 10.2 Å². The number of anilines is 1. The maximum Gasteiger partial charge on any atom is 0.265 e. The predicted octanol–water partition coefficient (Wildman–Crippen LogP) is 0.152. The topological polar surface area (TPSA) is 61.9 Å². The number of carbonyl (C=O) groups is 2. The van der Waals surface area contributed by atoms with E-state index in [1.165, 1.54) is 4.90 Å². The highest BCUT2D eigenvalue weighted by Gasteiger charge is 2.29. The van der Waals surface area contributed by atoms with E-state index in [2.05, 4.69) is 5.32 Å². The van der Waals surface area contributed by atoms with Crippen LogP contribution in [0.25, 0.3) is 0 Å². The number of carbonyl (C=O) groups excluding carboxylic acids is 2. The maximum atomic E-state index is 12.4. The van der Waals surface area contributed by atoms with Gasteiger partial charge >= 0.3 is 0 Å². The van der Waals surface area contributed by atoms with E-state index in [4.69, 9.17) is 4.74 Å². The van der Waals surface area contributed by atoms with Crippen LogP contribution in [0.1, 0.15) is 5.56 Å². The highest BCUT2D eigenvalue weighted by Crippen LogP contribution is 2.32. The molecule has 1 aromatic rings. The molecule has 6 heteroatoms. The molecule has 2 aliphatic rings. The van der Waals surface area contributed by atoms with Crippen LogP contribution < -0.4 is 15.0 Å². The molecule has 0 spiro atoms. The first-order valence-electron chi connectivity index (χ1n) is 7.17. The maximum absolute atomic E-state index is 12.4. The predicted molar refractivity (Wildman–Crippen MR) is 78.5 cm³/mol. The van der Waals surface area contributed by atoms with Crippen molar-refractivity contribution in [3.63, 3.8) is 0 Å². The molecule has 0 aliphatic carbocycles. The smallest absolute Gasteiger partial charge is 0.265 e. The highest BCUT2D eigenvalue weighted by molar-refractivity contribution is 6.02. The number of piperazine rings is 1. The van der Waals surface area contributed by atoms with E-state index in [0.717, 1.165) is 18.7 Å². The minimum Gasteiger partial charge on any atom is -0.482 e. The van der Waals surface area contributed by atoms with E-state index < -0.39 is 0 Å². The Hall–Kier alpha value is -2.08. The molecule has 0 unspecified atom stereocenters. The summed E-state index contributed by atoms with van der Waals surface area (Å²) in [5, 5.41) is 3.21. The van der Waals surface area contributed by atoms with Gasteiger partial charge in [-0.25, -0.2) is 0 Å². The standard InChI is InChI=1S/C15H19N3O3/c1-11-2-3-13-12(8-11)18(15(20)10-21-13)9-14(19)17-6-4-16-5-7-17/h2-3,8,16H,4-7,9-10H2,1H3. The van der Waals surface area contributed by atoms with E-state index in [-0.39, 0.29) is 25.0 Å². The SMILES string of the molecule is Cc1ccc2c(c1)N(CC(=O)N1CCNCC1)C(=O)CO2. The molecule has 112 valence electrons. The van der Waals surface area contributed by atoms with Crippen molar-refractivity contribution in [2.24, 2.45) is 0 Å². The molecule has 1 aromatic carbocycles. The summed E-state index contributed by atoms with van der Waals surface area (Å²) in [4.78, 5) is 27.8. The molecule has 0 bridgehead atoms. The van der Waals surface area contributed by atoms with Crippen molar-refractivity contribution >= 4 is 17.5 Å². The lowest BCUT2D eigenvalue weighted by molar-refractivity contribution is -0.132. The molecule has 1 fully saturated rings. The van der Waals surface area contributed by atoms with Crippen LogP contribution in [-0.2, 0) is 9.59 Å². The van der Waals surface area contributed by atoms with Gasteiger partial charge in [-0.15, -0.1) is 0 Å². The van der Waals surface area contributed by atoms with E-state index in [9.17, 15) is 9.59 Å². The number of hydrogen-bond donors (Lipinski definition) is 1. The molecule has 0 atom stereocenters. The zero-order chi connectivity index (χ0) is 14.8. The van der Waals surface area contributed by atoms with Gasteiger partial charge in [0.1, 0.15) is 12.3 Å². The average Bonchev–Trinajstić information content (AvgIpc) is 2.51. The minimum atomic E-state index is -0.170. The summed E-state index contributed by atoms with van der Waals surface area (Å²) in [6, 6.07) is 5.67. The van der Waals surface area contributed by atoms with E-state index >= 15 is 0 Å². The third-order valence-corrected chi connectivity index (χ3v) is 3.82. The molecule has 1 saturated heterocycles. The molecule has 1 N–H and O–H groups in total. The van der Waals surface area contributed by atoms with Crippen LogP contribution in [0.2, 0.25) is 0 Å². The summed E-state index contributed by atoms with van der Waals surface area (Å²) in [6.45, 7) is 5.02. The highest BCUT2D eigenvalue weighted by atomic mass is 16.5. The van der Waals surface area contributed by atoms with Crippen LogP contribution in [0.5, 0.6) is 5.75 Å². The van der Waals surface area contributed by atoms with Gasteiger partial charge in [0.15, 0.2) is 6.61 Å². The van der Waals surface area contributed by atoms with Gasteiger partial charge < -0.3 is 15.0 Å². The first-order chi connectivity index (χ1) is 10.1. The first-order valence-corrected chi connectivity index (χ1v) is 7.17. The van der Waals surface area contributed by atoms with Crippen LogP contribution in [0, 0.1) is 6.92 Å². The Labute approximate surface area is 123 Å². The number of fused-ring (bicyclic) bond motifs is 1. The second-order valence-corrected chi connectivity index (χ2v) is 5.37. The van der Waals surface area contributed by atoms with Crippen LogP contribution in [-0.4, -0.2) is 56.0 Å². The number of hydrogen-bond acceptors (Lipinski definition) is 4. The van der Waals surface area contributed by atoms with Gasteiger partial charge in [-0.05, 0) is 24.6 Å². The lowest BCUT2D eigenvalue weighted by Gasteiger charge is -2.33. The summed E-state index contributed by atoms with van der Waals surface area (Å²) in [5.74, 6) is 0.476. The Kier molecular flexibility index (Phi) is 3.79. The number of nitrogens with zero attached hydrogens (tertiary/aromatic N) is 2. The molecule has 3 rings (SSSR count). The zero-order valence-electron chi connectivity index (χ0n) is 12.1. The fourth-order valence-electron chi connectivity index (χ4n) is 2.63. The van der Waals surface area contributed by atoms with E-state index in [1.54, 1.807) is 4.90 Å². The average molecular weight is 289 g/mol. The Morgan fingerprint density at radius 3 is 2.86 bits per heavy atom. The number of rotatable bonds is 2. The third kappa shape index (κ3) is 2.85. The Balaban J connectivity index is 1.79. The molecular weight excluding hydrogens is 270 g/mol. The molecule has 2 aliphatic heterocycles. The van der Waals surface area contributed by atoms with E-state index in [0.29, 0.717) is 24.5 Å². The normalized spacial score (nSPS) is 18.2. The number of nitrogens with one attached hydrogen (secondary N) is 1. The van der Waals surface area contributed by atoms with Gasteiger partial charge in [0.2, 0.25) is 5.91 Å². The molecule has 2 heterocycles. The summed E-state index contributed by atoms with van der Waals surface area (Å²) >= 11 is 0. The van der Waals surface area contributed by atoms with Crippen LogP contribution in [0.3, 0.4) is 0 Å². The van der Waals surface area contributed by atoms with Gasteiger partial charge in [-0.2, -0.15) is 0 Å². The fraction of sp³-hybridized carbons (Fsp3) is 0.467. The molecule has 0 aromatic heterocycles. The van der Waals surface area contributed by atoms with Gasteiger partial charge in [-0.3, -0.25) is 14.5 Å². The zero-order valence-corrected chi connectivity index (χ0v) is 12.1. The number of ether oxygens (including phenoxy) is 1. The van der Waals surface area contributed by atoms with Gasteiger partial charge in [0.25, 0.3) is 5.91 Å². The molecular formula is C15H19N3O3. The number of amides is 2. The Morgan fingerprint density at radius 1 is 1.33 bits per heavy atom. The van der Waals surface area contributed by atoms with Crippen LogP contribution in [0.15, 0.2) is 18.2 Å². The fourth-order valence-corrected chi connectivity index (χ4v) is 2.63.